The van der Waals surface area contributed by atoms with Gasteiger partial charge in [-0.25, -0.2) is 9.59 Å². The third-order valence-electron chi connectivity index (χ3n) is 2.94. The van der Waals surface area contributed by atoms with Crippen LogP contribution >= 0.6 is 0 Å². The standard InChI is InChI=1S/C16H15NO6/c1-2-22-16(21)17-14(19)9-23-15(20)12-7-10-5-3-4-6-11(10)8-13(12)18/h3-8,18H,2,9H2,1H3,(H,17,19,21). The Hall–Kier alpha value is -3.09. The maximum absolute atomic E-state index is 11.9. The number of aromatic hydroxyl groups is 1. The van der Waals surface area contributed by atoms with E-state index < -0.39 is 24.6 Å². The third-order valence-corrected chi connectivity index (χ3v) is 2.94. The lowest BCUT2D eigenvalue weighted by Gasteiger charge is -2.08. The molecule has 0 aliphatic carbocycles. The van der Waals surface area contributed by atoms with Gasteiger partial charge in [-0.2, -0.15) is 0 Å². The van der Waals surface area contributed by atoms with Crippen LogP contribution in [0.4, 0.5) is 4.79 Å². The molecule has 0 aliphatic rings. The summed E-state index contributed by atoms with van der Waals surface area (Å²) in [6.45, 7) is 1.04. The van der Waals surface area contributed by atoms with E-state index in [1.165, 1.54) is 12.1 Å². The zero-order chi connectivity index (χ0) is 16.8. The SMILES string of the molecule is CCOC(=O)NC(=O)COC(=O)c1cc2ccccc2cc1O. The smallest absolute Gasteiger partial charge is 0.413 e. The molecule has 2 aromatic carbocycles. The zero-order valence-corrected chi connectivity index (χ0v) is 12.4. The molecule has 0 atom stereocenters. The summed E-state index contributed by atoms with van der Waals surface area (Å²) in [6, 6.07) is 10.1. The molecule has 0 saturated carbocycles. The van der Waals surface area contributed by atoms with E-state index in [-0.39, 0.29) is 17.9 Å². The molecular weight excluding hydrogens is 302 g/mol. The van der Waals surface area contributed by atoms with Crippen molar-refractivity contribution in [2.45, 2.75) is 6.92 Å². The van der Waals surface area contributed by atoms with Crippen molar-refractivity contribution in [3.8, 4) is 5.75 Å². The molecule has 0 fully saturated rings. The molecular formula is C16H15NO6. The van der Waals surface area contributed by atoms with E-state index in [0.717, 1.165) is 10.8 Å². The van der Waals surface area contributed by atoms with Crippen molar-refractivity contribution in [2.24, 2.45) is 0 Å². The fourth-order valence-electron chi connectivity index (χ4n) is 1.92. The predicted molar refractivity (Wildman–Crippen MR) is 81.1 cm³/mol. The highest BCUT2D eigenvalue weighted by atomic mass is 16.6. The van der Waals surface area contributed by atoms with Gasteiger partial charge in [0.15, 0.2) is 6.61 Å². The molecule has 0 radical (unpaired) electrons. The molecule has 2 aromatic rings. The van der Waals surface area contributed by atoms with Gasteiger partial charge >= 0.3 is 12.1 Å². The minimum absolute atomic E-state index is 0.0624. The Balaban J connectivity index is 2.02. The molecule has 7 heteroatoms. The molecule has 0 aliphatic heterocycles. The average molecular weight is 317 g/mol. The fraction of sp³-hybridized carbons (Fsp3) is 0.188. The van der Waals surface area contributed by atoms with E-state index in [4.69, 9.17) is 4.74 Å². The van der Waals surface area contributed by atoms with Crippen LogP contribution < -0.4 is 5.32 Å². The number of esters is 1. The topological polar surface area (TPSA) is 102 Å². The van der Waals surface area contributed by atoms with Crippen LogP contribution in [0, 0.1) is 0 Å². The van der Waals surface area contributed by atoms with E-state index in [0.29, 0.717) is 0 Å². The van der Waals surface area contributed by atoms with Crippen LogP contribution in [0.15, 0.2) is 36.4 Å². The first-order valence-electron chi connectivity index (χ1n) is 6.86. The highest BCUT2D eigenvalue weighted by Gasteiger charge is 2.16. The highest BCUT2D eigenvalue weighted by Crippen LogP contribution is 2.25. The first-order valence-corrected chi connectivity index (χ1v) is 6.86. The Morgan fingerprint density at radius 3 is 2.39 bits per heavy atom. The van der Waals surface area contributed by atoms with E-state index in [9.17, 15) is 19.5 Å². The summed E-state index contributed by atoms with van der Waals surface area (Å²) in [5.41, 5.74) is -0.0624. The predicted octanol–water partition coefficient (Wildman–Crippen LogP) is 1.97. The number of fused-ring (bicyclic) bond motifs is 1. The molecule has 23 heavy (non-hydrogen) atoms. The number of phenolic OH excluding ortho intramolecular Hbond substituents is 1. The average Bonchev–Trinajstić information content (AvgIpc) is 2.52. The fourth-order valence-corrected chi connectivity index (χ4v) is 1.92. The van der Waals surface area contributed by atoms with Crippen LogP contribution in [0.1, 0.15) is 17.3 Å². The van der Waals surface area contributed by atoms with Crippen LogP contribution in [0.25, 0.3) is 10.8 Å². The van der Waals surface area contributed by atoms with Crippen LogP contribution in [-0.4, -0.2) is 36.3 Å². The van der Waals surface area contributed by atoms with Crippen molar-refractivity contribution >= 4 is 28.7 Å². The molecule has 2 N–H and O–H groups in total. The van der Waals surface area contributed by atoms with Crippen molar-refractivity contribution in [3.05, 3.63) is 42.0 Å². The van der Waals surface area contributed by atoms with Gasteiger partial charge in [0.25, 0.3) is 5.91 Å². The first-order chi connectivity index (χ1) is 11.0. The molecule has 7 nitrogen and oxygen atoms in total. The van der Waals surface area contributed by atoms with Gasteiger partial charge < -0.3 is 14.6 Å². The van der Waals surface area contributed by atoms with E-state index in [1.807, 2.05) is 5.32 Å². The van der Waals surface area contributed by atoms with Crippen LogP contribution in [0.3, 0.4) is 0 Å². The van der Waals surface area contributed by atoms with Crippen LogP contribution in [0.5, 0.6) is 5.75 Å². The quantitative estimate of drug-likeness (QED) is 0.836. The lowest BCUT2D eigenvalue weighted by molar-refractivity contribution is -0.123. The summed E-state index contributed by atoms with van der Waals surface area (Å²) in [7, 11) is 0. The molecule has 2 rings (SSSR count). The van der Waals surface area contributed by atoms with Gasteiger partial charge in [-0.05, 0) is 29.8 Å². The minimum atomic E-state index is -0.915. The van der Waals surface area contributed by atoms with Gasteiger partial charge in [-0.3, -0.25) is 10.1 Å². The Labute approximate surface area is 131 Å². The Kier molecular flexibility index (Phi) is 5.14. The number of ether oxygens (including phenoxy) is 2. The van der Waals surface area contributed by atoms with Gasteiger partial charge in [0.05, 0.1) is 6.61 Å². The maximum Gasteiger partial charge on any atom is 0.413 e. The summed E-state index contributed by atoms with van der Waals surface area (Å²) in [6.07, 6.45) is -0.915. The second-order valence-corrected chi connectivity index (χ2v) is 4.56. The van der Waals surface area contributed by atoms with Gasteiger partial charge in [0, 0.05) is 0 Å². The maximum atomic E-state index is 11.9. The van der Waals surface area contributed by atoms with Crippen molar-refractivity contribution in [1.29, 1.82) is 0 Å². The van der Waals surface area contributed by atoms with E-state index in [2.05, 4.69) is 4.74 Å². The van der Waals surface area contributed by atoms with Gasteiger partial charge in [-0.1, -0.05) is 24.3 Å². The number of phenols is 1. The summed E-state index contributed by atoms with van der Waals surface area (Å²) < 4.78 is 9.30. The largest absolute Gasteiger partial charge is 0.507 e. The Morgan fingerprint density at radius 1 is 1.09 bits per heavy atom. The lowest BCUT2D eigenvalue weighted by Crippen LogP contribution is -2.34. The summed E-state index contributed by atoms with van der Waals surface area (Å²) >= 11 is 0. The molecule has 2 amide bonds. The molecule has 0 aromatic heterocycles. The number of hydrogen-bond acceptors (Lipinski definition) is 6. The van der Waals surface area contributed by atoms with Crippen LogP contribution in [0.2, 0.25) is 0 Å². The molecule has 120 valence electrons. The lowest BCUT2D eigenvalue weighted by atomic mass is 10.1. The number of benzene rings is 2. The van der Waals surface area contributed by atoms with Crippen molar-refractivity contribution in [2.75, 3.05) is 13.2 Å². The Bertz CT molecular complexity index is 755. The molecule has 0 saturated heterocycles. The number of imide groups is 1. The van der Waals surface area contributed by atoms with E-state index in [1.54, 1.807) is 31.2 Å². The summed E-state index contributed by atoms with van der Waals surface area (Å²) in [5.74, 6) is -1.94. The van der Waals surface area contributed by atoms with Gasteiger partial charge in [0.2, 0.25) is 0 Å². The number of alkyl carbamates (subject to hydrolysis) is 1. The van der Waals surface area contributed by atoms with Crippen LogP contribution in [-0.2, 0) is 14.3 Å². The number of amides is 2. The molecule has 0 spiro atoms. The third kappa shape index (κ3) is 4.19. The van der Waals surface area contributed by atoms with Crippen molar-refractivity contribution in [3.63, 3.8) is 0 Å². The number of carbonyl (C=O) groups is 3. The van der Waals surface area contributed by atoms with Gasteiger partial charge in [-0.15, -0.1) is 0 Å². The summed E-state index contributed by atoms with van der Waals surface area (Å²) in [4.78, 5) is 34.4. The Morgan fingerprint density at radius 2 is 1.74 bits per heavy atom. The highest BCUT2D eigenvalue weighted by molar-refractivity contribution is 6.00. The normalized spacial score (nSPS) is 10.1. The number of hydrogen-bond donors (Lipinski definition) is 2. The second kappa shape index (κ2) is 7.26. The molecule has 0 unspecified atom stereocenters. The van der Waals surface area contributed by atoms with Gasteiger partial charge in [0.1, 0.15) is 11.3 Å². The number of nitrogens with one attached hydrogen (secondary N) is 1. The number of rotatable bonds is 4. The monoisotopic (exact) mass is 317 g/mol. The zero-order valence-electron chi connectivity index (χ0n) is 12.4. The molecule has 0 bridgehead atoms. The minimum Gasteiger partial charge on any atom is -0.507 e. The molecule has 0 heterocycles. The first kappa shape index (κ1) is 16.3. The van der Waals surface area contributed by atoms with Crippen molar-refractivity contribution in [1.82, 2.24) is 5.32 Å². The summed E-state index contributed by atoms with van der Waals surface area (Å²) in [5, 5.41) is 13.3. The van der Waals surface area contributed by atoms with Crippen molar-refractivity contribution < 1.29 is 29.0 Å². The van der Waals surface area contributed by atoms with E-state index >= 15 is 0 Å². The second-order valence-electron chi connectivity index (χ2n) is 4.56. The number of carbonyl (C=O) groups excluding carboxylic acids is 3.